The molecule has 0 aliphatic heterocycles. The number of halogens is 2. The molecule has 0 aliphatic rings. The van der Waals surface area contributed by atoms with Crippen molar-refractivity contribution in [2.24, 2.45) is 10.9 Å². The van der Waals surface area contributed by atoms with Gasteiger partial charge in [0.15, 0.2) is 5.96 Å². The molecule has 0 rings (SSSR count). The predicted octanol–water partition coefficient (Wildman–Crippen LogP) is 1.24. The van der Waals surface area contributed by atoms with Crippen molar-refractivity contribution in [1.29, 1.82) is 0 Å². The van der Waals surface area contributed by atoms with E-state index in [0.29, 0.717) is 24.8 Å². The number of amides is 1. The highest BCUT2D eigenvalue weighted by Crippen LogP contribution is 1.88. The number of likely N-dealkylation sites (N-methyl/N-ethyl adjacent to an activating group) is 1. The van der Waals surface area contributed by atoms with Crippen LogP contribution in [0.4, 0.5) is 4.39 Å². The number of rotatable bonds is 7. The zero-order chi connectivity index (χ0) is 14.0. The topological polar surface area (TPSA) is 56.7 Å². The van der Waals surface area contributed by atoms with Crippen molar-refractivity contribution in [1.82, 2.24) is 15.5 Å². The molecule has 0 fully saturated rings. The van der Waals surface area contributed by atoms with Crippen LogP contribution in [-0.2, 0) is 4.79 Å². The average Bonchev–Trinajstić information content (AvgIpc) is 2.31. The first kappa shape index (κ1) is 20.7. The van der Waals surface area contributed by atoms with Crippen LogP contribution in [0, 0.1) is 5.92 Å². The molecule has 0 bridgehead atoms. The van der Waals surface area contributed by atoms with Gasteiger partial charge >= 0.3 is 0 Å². The molecule has 19 heavy (non-hydrogen) atoms. The van der Waals surface area contributed by atoms with E-state index in [1.165, 1.54) is 4.90 Å². The lowest BCUT2D eigenvalue weighted by Crippen LogP contribution is -2.40. The molecule has 0 radical (unpaired) electrons. The Bertz CT molecular complexity index is 272. The summed E-state index contributed by atoms with van der Waals surface area (Å²) in [6.07, 6.45) is 0.435. The summed E-state index contributed by atoms with van der Waals surface area (Å²) in [6, 6.07) is 0. The van der Waals surface area contributed by atoms with Gasteiger partial charge in [-0.1, -0.05) is 13.8 Å². The van der Waals surface area contributed by atoms with Gasteiger partial charge in [0.2, 0.25) is 5.91 Å². The Hall–Kier alpha value is -0.600. The second-order valence-electron chi connectivity index (χ2n) is 4.70. The van der Waals surface area contributed by atoms with Gasteiger partial charge in [0, 0.05) is 27.2 Å². The van der Waals surface area contributed by atoms with Crippen LogP contribution < -0.4 is 10.6 Å². The van der Waals surface area contributed by atoms with Gasteiger partial charge in [0.25, 0.3) is 0 Å². The first-order valence-electron chi connectivity index (χ1n) is 6.25. The highest BCUT2D eigenvalue weighted by atomic mass is 127. The van der Waals surface area contributed by atoms with Crippen LogP contribution in [0.15, 0.2) is 4.99 Å². The van der Waals surface area contributed by atoms with Crippen molar-refractivity contribution >= 4 is 35.8 Å². The first-order chi connectivity index (χ1) is 8.47. The number of alkyl halides is 1. The standard InChI is InChI=1S/C12H25FN4O.HI/c1-10(2)8-15-12(14-7-5-6-13)16-9-11(18)17(3)4;/h10H,5-9H2,1-4H3,(H2,14,15,16);1H. The minimum Gasteiger partial charge on any atom is -0.356 e. The summed E-state index contributed by atoms with van der Waals surface area (Å²) in [4.78, 5) is 17.1. The first-order valence-corrected chi connectivity index (χ1v) is 6.25. The van der Waals surface area contributed by atoms with Gasteiger partial charge in [0.05, 0.1) is 6.67 Å². The van der Waals surface area contributed by atoms with Gasteiger partial charge in [-0.3, -0.25) is 9.18 Å². The van der Waals surface area contributed by atoms with Crippen LogP contribution in [0.1, 0.15) is 20.3 Å². The maximum absolute atomic E-state index is 12.0. The van der Waals surface area contributed by atoms with E-state index in [4.69, 9.17) is 0 Å². The monoisotopic (exact) mass is 388 g/mol. The van der Waals surface area contributed by atoms with E-state index in [9.17, 15) is 9.18 Å². The Morgan fingerprint density at radius 1 is 1.32 bits per heavy atom. The molecule has 0 aromatic rings. The number of aliphatic imine (C=N–C) groups is 1. The number of carbonyl (C=O) groups excluding carboxylic acids is 1. The van der Waals surface area contributed by atoms with Gasteiger partial charge < -0.3 is 15.5 Å². The molecule has 7 heteroatoms. The number of nitrogens with one attached hydrogen (secondary N) is 2. The predicted molar refractivity (Wildman–Crippen MR) is 87.8 cm³/mol. The van der Waals surface area contributed by atoms with Crippen LogP contribution in [0.25, 0.3) is 0 Å². The van der Waals surface area contributed by atoms with Crippen molar-refractivity contribution < 1.29 is 9.18 Å². The number of carbonyl (C=O) groups is 1. The van der Waals surface area contributed by atoms with Crippen LogP contribution in [-0.4, -0.2) is 57.2 Å². The minimum absolute atomic E-state index is 0. The van der Waals surface area contributed by atoms with Crippen molar-refractivity contribution in [3.63, 3.8) is 0 Å². The third-order valence-electron chi connectivity index (χ3n) is 2.15. The second-order valence-corrected chi connectivity index (χ2v) is 4.70. The third-order valence-corrected chi connectivity index (χ3v) is 2.15. The maximum Gasteiger partial charge on any atom is 0.243 e. The summed E-state index contributed by atoms with van der Waals surface area (Å²) in [7, 11) is 3.38. The van der Waals surface area contributed by atoms with Crippen molar-refractivity contribution in [3.05, 3.63) is 0 Å². The van der Waals surface area contributed by atoms with E-state index in [2.05, 4.69) is 29.5 Å². The summed E-state index contributed by atoms with van der Waals surface area (Å²) in [6.45, 7) is 5.17. The average molecular weight is 388 g/mol. The fourth-order valence-electron chi connectivity index (χ4n) is 1.04. The van der Waals surface area contributed by atoms with Gasteiger partial charge in [-0.15, -0.1) is 24.0 Å². The van der Waals surface area contributed by atoms with E-state index in [-0.39, 0.29) is 43.1 Å². The zero-order valence-corrected chi connectivity index (χ0v) is 14.5. The fraction of sp³-hybridized carbons (Fsp3) is 0.833. The summed E-state index contributed by atoms with van der Waals surface area (Å²) < 4.78 is 12.0. The normalized spacial score (nSPS) is 10.9. The molecule has 5 nitrogen and oxygen atoms in total. The van der Waals surface area contributed by atoms with Crippen LogP contribution in [0.3, 0.4) is 0 Å². The minimum atomic E-state index is -0.360. The molecule has 0 aromatic heterocycles. The second kappa shape index (κ2) is 12.4. The Balaban J connectivity index is 0. The number of hydrogen-bond acceptors (Lipinski definition) is 2. The van der Waals surface area contributed by atoms with Gasteiger partial charge in [-0.25, -0.2) is 4.99 Å². The Kier molecular flexibility index (Phi) is 13.6. The summed E-state index contributed by atoms with van der Waals surface area (Å²) in [5.74, 6) is 0.973. The highest BCUT2D eigenvalue weighted by molar-refractivity contribution is 14.0. The van der Waals surface area contributed by atoms with Crippen LogP contribution in [0.2, 0.25) is 0 Å². The molecule has 2 N–H and O–H groups in total. The van der Waals surface area contributed by atoms with E-state index < -0.39 is 0 Å². The molecule has 0 atom stereocenters. The number of nitrogens with zero attached hydrogens (tertiary/aromatic N) is 2. The van der Waals surface area contributed by atoms with Crippen molar-refractivity contribution in [3.8, 4) is 0 Å². The smallest absolute Gasteiger partial charge is 0.243 e. The molecular weight excluding hydrogens is 362 g/mol. The summed E-state index contributed by atoms with van der Waals surface area (Å²) in [5, 5.41) is 6.12. The van der Waals surface area contributed by atoms with Gasteiger partial charge in [0.1, 0.15) is 6.54 Å². The lowest BCUT2D eigenvalue weighted by Gasteiger charge is -2.14. The SMILES string of the molecule is CC(C)CNC(=NCC(=O)N(C)C)NCCCF.I. The summed E-state index contributed by atoms with van der Waals surface area (Å²) >= 11 is 0. The van der Waals surface area contributed by atoms with Crippen molar-refractivity contribution in [2.45, 2.75) is 20.3 Å². The van der Waals surface area contributed by atoms with Crippen LogP contribution >= 0.6 is 24.0 Å². The lowest BCUT2D eigenvalue weighted by molar-refractivity contribution is -0.127. The Morgan fingerprint density at radius 2 is 1.95 bits per heavy atom. The molecule has 114 valence electrons. The molecule has 0 aromatic carbocycles. The van der Waals surface area contributed by atoms with E-state index >= 15 is 0 Å². The molecule has 0 saturated heterocycles. The van der Waals surface area contributed by atoms with E-state index in [0.717, 1.165) is 6.54 Å². The van der Waals surface area contributed by atoms with Gasteiger partial charge in [-0.2, -0.15) is 0 Å². The van der Waals surface area contributed by atoms with Gasteiger partial charge in [-0.05, 0) is 12.3 Å². The zero-order valence-electron chi connectivity index (χ0n) is 12.2. The third kappa shape index (κ3) is 12.2. The molecule has 0 unspecified atom stereocenters. The molecular formula is C12H26FIN4O. The number of hydrogen-bond donors (Lipinski definition) is 2. The number of guanidine groups is 1. The molecule has 0 saturated carbocycles. The lowest BCUT2D eigenvalue weighted by atomic mass is 10.2. The van der Waals surface area contributed by atoms with Crippen LogP contribution in [0.5, 0.6) is 0 Å². The molecule has 0 spiro atoms. The van der Waals surface area contributed by atoms with Crippen molar-refractivity contribution in [2.75, 3.05) is 40.4 Å². The molecule has 0 aliphatic carbocycles. The van der Waals surface area contributed by atoms with E-state index in [1.807, 2.05) is 0 Å². The maximum atomic E-state index is 12.0. The Labute approximate surface area is 132 Å². The summed E-state index contributed by atoms with van der Waals surface area (Å²) in [5.41, 5.74) is 0. The fourth-order valence-corrected chi connectivity index (χ4v) is 1.04. The largest absolute Gasteiger partial charge is 0.356 e. The molecule has 0 heterocycles. The molecule has 1 amide bonds. The quantitative estimate of drug-likeness (QED) is 0.299. The highest BCUT2D eigenvalue weighted by Gasteiger charge is 2.04. The van der Waals surface area contributed by atoms with E-state index in [1.54, 1.807) is 14.1 Å². The Morgan fingerprint density at radius 3 is 2.42 bits per heavy atom.